The van der Waals surface area contributed by atoms with Gasteiger partial charge in [0.2, 0.25) is 0 Å². The van der Waals surface area contributed by atoms with Gasteiger partial charge in [0.05, 0.1) is 0 Å². The third kappa shape index (κ3) is 44.1. The highest BCUT2D eigenvalue weighted by Crippen LogP contribution is 2.11. The standard InChI is InChI=1S/C54H78O6/c1-4-7-10-13-16-19-22-25-26-27-28-30-32-35-38-41-44-47-53(56)59-50-51(49-58-52(55)46-43-40-37-34-31-24-21-18-15-12-9-6-3)60-54(57)48-45-42-39-36-33-29-23-20-17-14-11-8-5-2/h7-14,16-23,25-30,32-33,36,39,51H,4-6,15,24,31,34-35,37-38,40-50H2,1-3H3/b10-7-,11-8-,12-9-,16-13-,17-14-,21-18-,22-19-,23-20-,26-25-,28-27+,32-30-,33-29-,39-36-. The summed E-state index contributed by atoms with van der Waals surface area (Å²) in [7, 11) is 0. The Morgan fingerprint density at radius 1 is 0.350 bits per heavy atom. The second kappa shape index (κ2) is 46.7. The van der Waals surface area contributed by atoms with Gasteiger partial charge in [0.25, 0.3) is 0 Å². The summed E-state index contributed by atoms with van der Waals surface area (Å²) in [5.41, 5.74) is 0. The SMILES string of the molecule is CC\C=C/C=C\C=C/C=C\C=C/CCCC(=O)OC(COC(=O)CCCCC\C=C/C=C/C=C\C=C/C=C\C=C/CC)COC(=O)CCCCCCC/C=C\C/C=C\CC. The van der Waals surface area contributed by atoms with Crippen LogP contribution in [0.15, 0.2) is 158 Å². The molecule has 60 heavy (non-hydrogen) atoms. The topological polar surface area (TPSA) is 78.9 Å². The Labute approximate surface area is 365 Å². The minimum absolute atomic E-state index is 0.137. The molecule has 0 saturated carbocycles. The molecule has 0 heterocycles. The lowest BCUT2D eigenvalue weighted by Gasteiger charge is -2.18. The maximum absolute atomic E-state index is 12.7. The lowest BCUT2D eigenvalue weighted by molar-refractivity contribution is -0.167. The second-order valence-corrected chi connectivity index (χ2v) is 14.1. The smallest absolute Gasteiger partial charge is 0.306 e. The van der Waals surface area contributed by atoms with E-state index in [4.69, 9.17) is 14.2 Å². The van der Waals surface area contributed by atoms with Crippen molar-refractivity contribution in [1.82, 2.24) is 0 Å². The minimum Gasteiger partial charge on any atom is -0.462 e. The van der Waals surface area contributed by atoms with Crippen molar-refractivity contribution in [3.05, 3.63) is 158 Å². The molecular formula is C54H78O6. The second-order valence-electron chi connectivity index (χ2n) is 14.1. The minimum atomic E-state index is -0.846. The summed E-state index contributed by atoms with van der Waals surface area (Å²) in [6, 6.07) is 0. The molecule has 0 aromatic rings. The van der Waals surface area contributed by atoms with Crippen LogP contribution in [0.4, 0.5) is 0 Å². The van der Waals surface area contributed by atoms with E-state index in [1.807, 2.05) is 115 Å². The van der Waals surface area contributed by atoms with Crippen molar-refractivity contribution in [2.75, 3.05) is 13.2 Å². The van der Waals surface area contributed by atoms with E-state index in [-0.39, 0.29) is 38.0 Å². The van der Waals surface area contributed by atoms with Gasteiger partial charge in [-0.25, -0.2) is 0 Å². The van der Waals surface area contributed by atoms with Crippen LogP contribution in [0, 0.1) is 0 Å². The molecule has 0 rings (SSSR count). The number of carbonyl (C=O) groups is 3. The lowest BCUT2D eigenvalue weighted by atomic mass is 10.1. The van der Waals surface area contributed by atoms with E-state index in [0.29, 0.717) is 25.7 Å². The van der Waals surface area contributed by atoms with Gasteiger partial charge in [0, 0.05) is 19.3 Å². The van der Waals surface area contributed by atoms with Gasteiger partial charge in [0.1, 0.15) is 13.2 Å². The molecule has 0 N–H and O–H groups in total. The molecule has 0 fully saturated rings. The largest absolute Gasteiger partial charge is 0.462 e. The van der Waals surface area contributed by atoms with Crippen LogP contribution >= 0.6 is 0 Å². The molecular weight excluding hydrogens is 745 g/mol. The predicted molar refractivity (Wildman–Crippen MR) is 255 cm³/mol. The van der Waals surface area contributed by atoms with E-state index < -0.39 is 12.1 Å². The Bertz CT molecular complexity index is 1460. The average molecular weight is 823 g/mol. The van der Waals surface area contributed by atoms with Crippen molar-refractivity contribution in [2.24, 2.45) is 0 Å². The van der Waals surface area contributed by atoms with Crippen LogP contribution in [0.3, 0.4) is 0 Å². The third-order valence-corrected chi connectivity index (χ3v) is 8.55. The molecule has 1 unspecified atom stereocenters. The summed E-state index contributed by atoms with van der Waals surface area (Å²) in [5.74, 6) is -1.09. The number of hydrogen-bond donors (Lipinski definition) is 0. The summed E-state index contributed by atoms with van der Waals surface area (Å²) < 4.78 is 16.6. The average Bonchev–Trinajstić information content (AvgIpc) is 3.24. The van der Waals surface area contributed by atoms with Crippen molar-refractivity contribution in [1.29, 1.82) is 0 Å². The van der Waals surface area contributed by atoms with Crippen LogP contribution in [0.25, 0.3) is 0 Å². The first kappa shape index (κ1) is 55.0. The number of esters is 3. The van der Waals surface area contributed by atoms with Crippen LogP contribution in [-0.2, 0) is 28.6 Å². The maximum atomic E-state index is 12.7. The van der Waals surface area contributed by atoms with Gasteiger partial charge in [-0.05, 0) is 77.0 Å². The highest BCUT2D eigenvalue weighted by Gasteiger charge is 2.19. The number of ether oxygens (including phenoxy) is 3. The van der Waals surface area contributed by atoms with Gasteiger partial charge in [-0.15, -0.1) is 0 Å². The first-order chi connectivity index (χ1) is 29.5. The molecule has 6 nitrogen and oxygen atoms in total. The number of carbonyl (C=O) groups excluding carboxylic acids is 3. The quantitative estimate of drug-likeness (QED) is 0.0204. The van der Waals surface area contributed by atoms with Crippen LogP contribution in [0.1, 0.15) is 143 Å². The van der Waals surface area contributed by atoms with Gasteiger partial charge >= 0.3 is 17.9 Å². The number of unbranched alkanes of at least 4 members (excludes halogenated alkanes) is 9. The summed E-state index contributed by atoms with van der Waals surface area (Å²) in [6.45, 7) is 6.07. The number of hydrogen-bond acceptors (Lipinski definition) is 6. The van der Waals surface area contributed by atoms with Crippen molar-refractivity contribution in [2.45, 2.75) is 149 Å². The molecule has 0 saturated heterocycles. The monoisotopic (exact) mass is 823 g/mol. The van der Waals surface area contributed by atoms with E-state index in [1.54, 1.807) is 0 Å². The summed E-state index contributed by atoms with van der Waals surface area (Å²) >= 11 is 0. The molecule has 0 aromatic heterocycles. The van der Waals surface area contributed by atoms with Gasteiger partial charge in [-0.2, -0.15) is 0 Å². The van der Waals surface area contributed by atoms with Crippen LogP contribution < -0.4 is 0 Å². The fourth-order valence-electron chi connectivity index (χ4n) is 5.24. The highest BCUT2D eigenvalue weighted by atomic mass is 16.6. The lowest BCUT2D eigenvalue weighted by Crippen LogP contribution is -2.30. The fourth-order valence-corrected chi connectivity index (χ4v) is 5.24. The van der Waals surface area contributed by atoms with Gasteiger partial charge < -0.3 is 14.2 Å². The summed E-state index contributed by atoms with van der Waals surface area (Å²) in [5, 5.41) is 0. The first-order valence-electron chi connectivity index (χ1n) is 22.6. The third-order valence-electron chi connectivity index (χ3n) is 8.55. The van der Waals surface area contributed by atoms with Crippen LogP contribution in [0.2, 0.25) is 0 Å². The van der Waals surface area contributed by atoms with Crippen LogP contribution in [0.5, 0.6) is 0 Å². The zero-order chi connectivity index (χ0) is 43.7. The molecule has 0 spiro atoms. The molecule has 0 aliphatic carbocycles. The number of allylic oxidation sites excluding steroid dienone is 26. The van der Waals surface area contributed by atoms with E-state index in [2.05, 4.69) is 63.3 Å². The Kier molecular flexibility index (Phi) is 42.8. The molecule has 330 valence electrons. The molecule has 0 aliphatic heterocycles. The van der Waals surface area contributed by atoms with E-state index in [0.717, 1.165) is 83.5 Å². The van der Waals surface area contributed by atoms with Gasteiger partial charge in [0.15, 0.2) is 6.10 Å². The zero-order valence-corrected chi connectivity index (χ0v) is 37.4. The van der Waals surface area contributed by atoms with Crippen molar-refractivity contribution in [3.8, 4) is 0 Å². The van der Waals surface area contributed by atoms with Crippen molar-refractivity contribution in [3.63, 3.8) is 0 Å². The first-order valence-corrected chi connectivity index (χ1v) is 22.6. The maximum Gasteiger partial charge on any atom is 0.306 e. The summed E-state index contributed by atoms with van der Waals surface area (Å²) in [6.07, 6.45) is 68.0. The Balaban J connectivity index is 4.65. The fraction of sp³-hybridized carbons (Fsp3) is 0.463. The molecule has 0 amide bonds. The van der Waals surface area contributed by atoms with E-state index in [1.165, 1.54) is 0 Å². The van der Waals surface area contributed by atoms with Crippen LogP contribution in [-0.4, -0.2) is 37.2 Å². The van der Waals surface area contributed by atoms with E-state index in [9.17, 15) is 14.4 Å². The van der Waals surface area contributed by atoms with Crippen molar-refractivity contribution >= 4 is 17.9 Å². The predicted octanol–water partition coefficient (Wildman–Crippen LogP) is 14.7. The normalized spacial score (nSPS) is 13.6. The molecule has 0 aliphatic rings. The molecule has 6 heteroatoms. The Morgan fingerprint density at radius 3 is 1.18 bits per heavy atom. The molecule has 0 bridgehead atoms. The molecule has 1 atom stereocenters. The Hall–Kier alpha value is -4.97. The summed E-state index contributed by atoms with van der Waals surface area (Å²) in [4.78, 5) is 37.8. The zero-order valence-electron chi connectivity index (χ0n) is 37.4. The van der Waals surface area contributed by atoms with Gasteiger partial charge in [-0.1, -0.05) is 204 Å². The Morgan fingerprint density at radius 2 is 0.700 bits per heavy atom. The molecule has 0 aromatic carbocycles. The highest BCUT2D eigenvalue weighted by molar-refractivity contribution is 5.71. The number of rotatable bonds is 37. The van der Waals surface area contributed by atoms with Gasteiger partial charge in [-0.3, -0.25) is 14.4 Å². The molecule has 0 radical (unpaired) electrons. The van der Waals surface area contributed by atoms with Crippen molar-refractivity contribution < 1.29 is 28.6 Å². The van der Waals surface area contributed by atoms with E-state index >= 15 is 0 Å².